The number of hydrogen-bond acceptors (Lipinski definition) is 4. The van der Waals surface area contributed by atoms with Crippen molar-refractivity contribution in [3.05, 3.63) is 59.7 Å². The van der Waals surface area contributed by atoms with Gasteiger partial charge < -0.3 is 14.8 Å². The molecule has 174 valence electrons. The lowest BCUT2D eigenvalue weighted by Gasteiger charge is -2.20. The van der Waals surface area contributed by atoms with Crippen molar-refractivity contribution in [2.45, 2.75) is 57.3 Å². The second kappa shape index (κ2) is 11.2. The van der Waals surface area contributed by atoms with Crippen molar-refractivity contribution >= 4 is 20.1 Å². The Morgan fingerprint density at radius 1 is 0.970 bits per heavy atom. The van der Waals surface area contributed by atoms with Crippen LogP contribution < -0.4 is 5.32 Å². The fourth-order valence-electron chi connectivity index (χ4n) is 4.47. The molecule has 1 aliphatic rings. The van der Waals surface area contributed by atoms with Crippen LogP contribution in [0.4, 0.5) is 4.79 Å². The zero-order chi connectivity index (χ0) is 23.8. The van der Waals surface area contributed by atoms with Crippen molar-refractivity contribution in [2.24, 2.45) is 0 Å². The Morgan fingerprint density at radius 2 is 1.52 bits per heavy atom. The van der Waals surface area contributed by atoms with Crippen LogP contribution in [0.1, 0.15) is 44.2 Å². The lowest BCUT2D eigenvalue weighted by Crippen LogP contribution is -2.42. The third-order valence-corrected chi connectivity index (χ3v) is 11.6. The SMILES string of the molecule is CC[Si](C#CC[C@H](NC(=O)OCC1c2ccccc2-c2ccccc21)C(=O)OC)(CC)CC. The topological polar surface area (TPSA) is 64.6 Å². The van der Waals surface area contributed by atoms with E-state index in [1.54, 1.807) is 0 Å². The van der Waals surface area contributed by atoms with Gasteiger partial charge in [0.05, 0.1) is 7.11 Å². The van der Waals surface area contributed by atoms with Crippen LogP contribution in [-0.2, 0) is 14.3 Å². The molecule has 3 rings (SSSR count). The molecule has 0 aliphatic heterocycles. The molecule has 1 atom stereocenters. The maximum Gasteiger partial charge on any atom is 0.407 e. The number of amides is 1. The van der Waals surface area contributed by atoms with E-state index in [4.69, 9.17) is 9.47 Å². The summed E-state index contributed by atoms with van der Waals surface area (Å²) in [5.41, 5.74) is 8.07. The average Bonchev–Trinajstić information content (AvgIpc) is 3.18. The van der Waals surface area contributed by atoms with Gasteiger partial charge in [-0.05, 0) is 40.4 Å². The molecule has 1 N–H and O–H groups in total. The van der Waals surface area contributed by atoms with Gasteiger partial charge in [-0.2, -0.15) is 0 Å². The molecule has 0 radical (unpaired) electrons. The van der Waals surface area contributed by atoms with Gasteiger partial charge in [0, 0.05) is 12.3 Å². The molecule has 2 aromatic carbocycles. The highest BCUT2D eigenvalue weighted by molar-refractivity contribution is 6.87. The smallest absolute Gasteiger partial charge is 0.407 e. The minimum Gasteiger partial charge on any atom is -0.467 e. The van der Waals surface area contributed by atoms with Gasteiger partial charge >= 0.3 is 12.1 Å². The van der Waals surface area contributed by atoms with E-state index in [1.807, 2.05) is 24.3 Å². The first-order valence-corrected chi connectivity index (χ1v) is 14.3. The van der Waals surface area contributed by atoms with E-state index < -0.39 is 26.2 Å². The lowest BCUT2D eigenvalue weighted by molar-refractivity contribution is -0.142. The standard InChI is InChI=1S/C27H33NO4Si/c1-5-33(6-2,7-3)18-12-17-25(26(29)31-4)28-27(30)32-19-24-22-15-10-8-13-20(22)21-14-9-11-16-23(21)24/h8-11,13-16,24-25H,5-7,17,19H2,1-4H3,(H,28,30)/t25-/m0/s1. The number of hydrogen-bond donors (Lipinski definition) is 1. The average molecular weight is 464 g/mol. The maximum atomic E-state index is 12.6. The van der Waals surface area contributed by atoms with Gasteiger partial charge in [-0.15, -0.1) is 11.5 Å². The van der Waals surface area contributed by atoms with Crippen LogP contribution in [0, 0.1) is 11.5 Å². The highest BCUT2D eigenvalue weighted by Crippen LogP contribution is 2.44. The summed E-state index contributed by atoms with van der Waals surface area (Å²) in [6.45, 7) is 6.73. The molecular formula is C27H33NO4Si. The molecule has 0 spiro atoms. The summed E-state index contributed by atoms with van der Waals surface area (Å²) in [5.74, 6) is 2.61. The molecule has 5 nitrogen and oxygen atoms in total. The number of carbonyl (C=O) groups excluding carboxylic acids is 2. The van der Waals surface area contributed by atoms with Gasteiger partial charge in [0.25, 0.3) is 0 Å². The number of ether oxygens (including phenoxy) is 2. The molecule has 0 saturated heterocycles. The van der Waals surface area contributed by atoms with Crippen molar-refractivity contribution < 1.29 is 19.1 Å². The van der Waals surface area contributed by atoms with Gasteiger partial charge in [0.1, 0.15) is 20.7 Å². The summed E-state index contributed by atoms with van der Waals surface area (Å²) in [7, 11) is -0.316. The monoisotopic (exact) mass is 463 g/mol. The summed E-state index contributed by atoms with van der Waals surface area (Å²) in [6, 6.07) is 18.7. The number of benzene rings is 2. The number of carbonyl (C=O) groups is 2. The molecule has 33 heavy (non-hydrogen) atoms. The quantitative estimate of drug-likeness (QED) is 0.319. The van der Waals surface area contributed by atoms with Crippen LogP contribution >= 0.6 is 0 Å². The van der Waals surface area contributed by atoms with E-state index in [0.717, 1.165) is 29.3 Å². The number of nitrogens with one attached hydrogen (secondary N) is 1. The Labute approximate surface area is 197 Å². The molecule has 1 aliphatic carbocycles. The van der Waals surface area contributed by atoms with E-state index in [0.29, 0.717) is 0 Å². The fourth-order valence-corrected chi connectivity index (χ4v) is 6.98. The number of fused-ring (bicyclic) bond motifs is 3. The lowest BCUT2D eigenvalue weighted by atomic mass is 9.98. The Hall–Kier alpha value is -3.04. The maximum absolute atomic E-state index is 12.6. The predicted molar refractivity (Wildman–Crippen MR) is 134 cm³/mol. The van der Waals surface area contributed by atoms with Gasteiger partial charge in [-0.1, -0.05) is 69.3 Å². The molecule has 0 saturated carbocycles. The molecule has 1 amide bonds. The van der Waals surface area contributed by atoms with Gasteiger partial charge in [-0.25, -0.2) is 9.59 Å². The fraction of sp³-hybridized carbons (Fsp3) is 0.407. The van der Waals surface area contributed by atoms with Gasteiger partial charge in [0.15, 0.2) is 0 Å². The number of rotatable bonds is 8. The van der Waals surface area contributed by atoms with E-state index in [2.05, 4.69) is 61.8 Å². The largest absolute Gasteiger partial charge is 0.467 e. The Bertz CT molecular complexity index is 998. The Balaban J connectivity index is 1.67. The van der Waals surface area contributed by atoms with Crippen LogP contribution in [0.3, 0.4) is 0 Å². The van der Waals surface area contributed by atoms with Gasteiger partial charge in [0.2, 0.25) is 0 Å². The van der Waals surface area contributed by atoms with Crippen molar-refractivity contribution in [1.29, 1.82) is 0 Å². The third kappa shape index (κ3) is 5.48. The summed E-state index contributed by atoms with van der Waals surface area (Å²) < 4.78 is 10.5. The van der Waals surface area contributed by atoms with E-state index in [1.165, 1.54) is 18.2 Å². The van der Waals surface area contributed by atoms with Crippen molar-refractivity contribution in [1.82, 2.24) is 5.32 Å². The first-order valence-electron chi connectivity index (χ1n) is 11.7. The molecule has 0 heterocycles. The predicted octanol–water partition coefficient (Wildman–Crippen LogP) is 5.51. The normalized spacial score (nSPS) is 13.2. The summed E-state index contributed by atoms with van der Waals surface area (Å²) in [6.07, 6.45) is -0.426. The van der Waals surface area contributed by atoms with Gasteiger partial charge in [-0.3, -0.25) is 0 Å². The van der Waals surface area contributed by atoms with Crippen LogP contribution in [0.2, 0.25) is 18.1 Å². The number of methoxy groups -OCH3 is 1. The summed E-state index contributed by atoms with van der Waals surface area (Å²) in [4.78, 5) is 24.9. The zero-order valence-electron chi connectivity index (χ0n) is 19.9. The van der Waals surface area contributed by atoms with Crippen LogP contribution in [0.25, 0.3) is 11.1 Å². The number of alkyl carbamates (subject to hydrolysis) is 1. The van der Waals surface area contributed by atoms with E-state index in [9.17, 15) is 9.59 Å². The Morgan fingerprint density at radius 3 is 2.03 bits per heavy atom. The van der Waals surface area contributed by atoms with E-state index >= 15 is 0 Å². The first-order chi connectivity index (χ1) is 16.0. The minimum absolute atomic E-state index is 0.0372. The molecule has 6 heteroatoms. The molecule has 0 aromatic heterocycles. The second-order valence-corrected chi connectivity index (χ2v) is 13.3. The second-order valence-electron chi connectivity index (χ2n) is 8.39. The van der Waals surface area contributed by atoms with Crippen LogP contribution in [0.5, 0.6) is 0 Å². The Kier molecular flexibility index (Phi) is 8.35. The van der Waals surface area contributed by atoms with Crippen LogP contribution in [0.15, 0.2) is 48.5 Å². The van der Waals surface area contributed by atoms with Crippen LogP contribution in [-0.4, -0.2) is 39.9 Å². The summed E-state index contributed by atoms with van der Waals surface area (Å²) in [5, 5.41) is 2.66. The molecule has 2 aromatic rings. The minimum atomic E-state index is -1.63. The van der Waals surface area contributed by atoms with Crippen molar-refractivity contribution in [2.75, 3.05) is 13.7 Å². The molecular weight excluding hydrogens is 430 g/mol. The highest BCUT2D eigenvalue weighted by Gasteiger charge is 2.30. The zero-order valence-corrected chi connectivity index (χ0v) is 20.9. The van der Waals surface area contributed by atoms with Crippen molar-refractivity contribution in [3.63, 3.8) is 0 Å². The number of esters is 1. The third-order valence-electron chi connectivity index (χ3n) is 6.81. The summed E-state index contributed by atoms with van der Waals surface area (Å²) >= 11 is 0. The molecule has 0 unspecified atom stereocenters. The highest BCUT2D eigenvalue weighted by atomic mass is 28.3. The van der Waals surface area contributed by atoms with Crippen molar-refractivity contribution in [3.8, 4) is 22.6 Å². The molecule has 0 bridgehead atoms. The first kappa shape index (κ1) is 24.6. The van der Waals surface area contributed by atoms with E-state index in [-0.39, 0.29) is 18.9 Å². The molecule has 0 fully saturated rings.